The number of nitrogen functional groups attached to an aromatic ring is 1. The Morgan fingerprint density at radius 3 is 2.29 bits per heavy atom. The normalized spacial score (nSPS) is 13.3. The number of nitrogens with one attached hydrogen (secondary N) is 1. The molecule has 0 heterocycles. The van der Waals surface area contributed by atoms with E-state index in [1.165, 1.54) is 6.92 Å². The first-order valence-electron chi connectivity index (χ1n) is 9.77. The van der Waals surface area contributed by atoms with E-state index < -0.39 is 23.7 Å². The van der Waals surface area contributed by atoms with Gasteiger partial charge in [-0.25, -0.2) is 9.18 Å². The van der Waals surface area contributed by atoms with Gasteiger partial charge < -0.3 is 15.8 Å². The van der Waals surface area contributed by atoms with E-state index in [0.717, 1.165) is 34.4 Å². The monoisotopic (exact) mass is 438 g/mol. The van der Waals surface area contributed by atoms with Crippen molar-refractivity contribution in [2.45, 2.75) is 18.9 Å². The Balaban J connectivity index is 1.43. The van der Waals surface area contributed by atoms with Gasteiger partial charge in [0, 0.05) is 17.2 Å². The van der Waals surface area contributed by atoms with Crippen LogP contribution in [0.3, 0.4) is 0 Å². The van der Waals surface area contributed by atoms with E-state index in [4.69, 9.17) is 22.1 Å². The van der Waals surface area contributed by atoms with Gasteiger partial charge in [0.25, 0.3) is 0 Å². The lowest BCUT2D eigenvalue weighted by Crippen LogP contribution is -2.39. The Morgan fingerprint density at radius 1 is 1.10 bits per heavy atom. The molecule has 7 heteroatoms. The lowest BCUT2D eigenvalue weighted by Gasteiger charge is -2.17. The molecule has 0 spiro atoms. The number of alkyl carbamates (subject to hydrolysis) is 1. The molecule has 31 heavy (non-hydrogen) atoms. The van der Waals surface area contributed by atoms with Gasteiger partial charge in [0.2, 0.25) is 0 Å². The predicted molar refractivity (Wildman–Crippen MR) is 118 cm³/mol. The van der Waals surface area contributed by atoms with Crippen molar-refractivity contribution in [2.75, 3.05) is 12.3 Å². The maximum atomic E-state index is 13.5. The second-order valence-corrected chi connectivity index (χ2v) is 7.82. The SMILES string of the molecule is CC(NC(=O)OCC1c2ccccc2-c2ccccc21)C(=O)c1cc(Cl)c(F)cc1N. The summed E-state index contributed by atoms with van der Waals surface area (Å²) in [6.45, 7) is 1.63. The highest BCUT2D eigenvalue weighted by Gasteiger charge is 2.29. The van der Waals surface area contributed by atoms with Crippen LogP contribution >= 0.6 is 11.6 Å². The highest BCUT2D eigenvalue weighted by molar-refractivity contribution is 6.31. The summed E-state index contributed by atoms with van der Waals surface area (Å²) in [6.07, 6.45) is -0.727. The summed E-state index contributed by atoms with van der Waals surface area (Å²) >= 11 is 5.75. The van der Waals surface area contributed by atoms with Crippen molar-refractivity contribution in [3.8, 4) is 11.1 Å². The van der Waals surface area contributed by atoms with E-state index in [1.807, 2.05) is 48.5 Å². The summed E-state index contributed by atoms with van der Waals surface area (Å²) in [4.78, 5) is 25.0. The Labute approximate surface area is 184 Å². The largest absolute Gasteiger partial charge is 0.449 e. The van der Waals surface area contributed by atoms with Crippen molar-refractivity contribution in [3.05, 3.63) is 88.2 Å². The molecule has 5 nitrogen and oxygen atoms in total. The molecule has 158 valence electrons. The molecule has 1 amide bonds. The predicted octanol–water partition coefficient (Wildman–Crippen LogP) is 5.17. The van der Waals surface area contributed by atoms with Crippen LogP contribution in [0.4, 0.5) is 14.9 Å². The molecular weight excluding hydrogens is 419 g/mol. The second-order valence-electron chi connectivity index (χ2n) is 7.41. The molecule has 0 radical (unpaired) electrons. The fraction of sp³-hybridized carbons (Fsp3) is 0.167. The van der Waals surface area contributed by atoms with Crippen LogP contribution in [0.1, 0.15) is 34.3 Å². The summed E-state index contributed by atoms with van der Waals surface area (Å²) in [7, 11) is 0. The molecule has 1 unspecified atom stereocenters. The fourth-order valence-electron chi connectivity index (χ4n) is 3.89. The van der Waals surface area contributed by atoms with Crippen LogP contribution < -0.4 is 11.1 Å². The van der Waals surface area contributed by atoms with E-state index >= 15 is 0 Å². The summed E-state index contributed by atoms with van der Waals surface area (Å²) in [5.41, 5.74) is 10.2. The number of rotatable bonds is 5. The molecule has 1 aliphatic carbocycles. The smallest absolute Gasteiger partial charge is 0.407 e. The van der Waals surface area contributed by atoms with Gasteiger partial charge in [-0.05, 0) is 41.3 Å². The minimum absolute atomic E-state index is 0.0397. The quantitative estimate of drug-likeness (QED) is 0.425. The zero-order chi connectivity index (χ0) is 22.1. The number of hydrogen-bond donors (Lipinski definition) is 2. The molecule has 0 aromatic heterocycles. The number of benzene rings is 3. The molecule has 1 atom stereocenters. The molecule has 3 aromatic carbocycles. The number of nitrogens with two attached hydrogens (primary N) is 1. The Kier molecular flexibility index (Phi) is 5.65. The van der Waals surface area contributed by atoms with E-state index in [1.54, 1.807) is 0 Å². The molecule has 3 N–H and O–H groups in total. The van der Waals surface area contributed by atoms with Gasteiger partial charge in [-0.15, -0.1) is 0 Å². The number of hydrogen-bond acceptors (Lipinski definition) is 4. The molecule has 0 saturated carbocycles. The van der Waals surface area contributed by atoms with Crippen molar-refractivity contribution in [1.82, 2.24) is 5.32 Å². The number of anilines is 1. The van der Waals surface area contributed by atoms with Crippen molar-refractivity contribution < 1.29 is 18.7 Å². The molecule has 4 rings (SSSR count). The highest BCUT2D eigenvalue weighted by atomic mass is 35.5. The second kappa shape index (κ2) is 8.40. The Hall–Kier alpha value is -3.38. The Bertz CT molecular complexity index is 1140. The van der Waals surface area contributed by atoms with Gasteiger partial charge >= 0.3 is 6.09 Å². The number of amides is 1. The van der Waals surface area contributed by atoms with Crippen LogP contribution in [-0.4, -0.2) is 24.5 Å². The minimum Gasteiger partial charge on any atom is -0.449 e. The van der Waals surface area contributed by atoms with Crippen LogP contribution in [0, 0.1) is 5.82 Å². The number of halogens is 2. The number of fused-ring (bicyclic) bond motifs is 3. The van der Waals surface area contributed by atoms with Gasteiger partial charge in [-0.2, -0.15) is 0 Å². The standard InChI is InChI=1S/C24H20ClFN2O3/c1-13(23(29)18-10-20(25)21(26)11-22(18)27)28-24(30)31-12-19-16-8-4-2-6-14(16)15-7-3-5-9-17(15)19/h2-11,13,19H,12,27H2,1H3,(H,28,30). The molecular formula is C24H20ClFN2O3. The molecule has 0 fully saturated rings. The molecule has 1 aliphatic rings. The third-order valence-corrected chi connectivity index (χ3v) is 5.72. The topological polar surface area (TPSA) is 81.4 Å². The summed E-state index contributed by atoms with van der Waals surface area (Å²) in [6, 6.07) is 17.2. The van der Waals surface area contributed by atoms with Gasteiger partial charge in [0.1, 0.15) is 12.4 Å². The summed E-state index contributed by atoms with van der Waals surface area (Å²) < 4.78 is 18.9. The fourth-order valence-corrected chi connectivity index (χ4v) is 4.05. The van der Waals surface area contributed by atoms with Crippen LogP contribution in [0.25, 0.3) is 11.1 Å². The van der Waals surface area contributed by atoms with Crippen LogP contribution in [0.2, 0.25) is 5.02 Å². The lowest BCUT2D eigenvalue weighted by molar-refractivity contribution is 0.0930. The molecule has 0 saturated heterocycles. The van der Waals surface area contributed by atoms with Gasteiger partial charge in [0.15, 0.2) is 5.78 Å². The van der Waals surface area contributed by atoms with Gasteiger partial charge in [-0.3, -0.25) is 4.79 Å². The highest BCUT2D eigenvalue weighted by Crippen LogP contribution is 2.44. The number of ether oxygens (including phenoxy) is 1. The molecule has 0 aliphatic heterocycles. The molecule has 0 bridgehead atoms. The average Bonchev–Trinajstić information content (AvgIpc) is 3.08. The van der Waals surface area contributed by atoms with Crippen LogP contribution in [-0.2, 0) is 4.74 Å². The van der Waals surface area contributed by atoms with E-state index in [0.29, 0.717) is 0 Å². The third-order valence-electron chi connectivity index (χ3n) is 5.43. The first-order chi connectivity index (χ1) is 14.9. The number of carbonyl (C=O) groups excluding carboxylic acids is 2. The number of Topliss-reactive ketones (excluding diaryl/α,β-unsaturated/α-hetero) is 1. The molecule has 3 aromatic rings. The van der Waals surface area contributed by atoms with Crippen LogP contribution in [0.15, 0.2) is 60.7 Å². The first kappa shape index (κ1) is 20.9. The first-order valence-corrected chi connectivity index (χ1v) is 10.1. The van der Waals surface area contributed by atoms with Gasteiger partial charge in [-0.1, -0.05) is 60.1 Å². The number of carbonyl (C=O) groups is 2. The van der Waals surface area contributed by atoms with Crippen molar-refractivity contribution in [1.29, 1.82) is 0 Å². The van der Waals surface area contributed by atoms with E-state index in [9.17, 15) is 14.0 Å². The minimum atomic E-state index is -0.931. The maximum absolute atomic E-state index is 13.5. The summed E-state index contributed by atoms with van der Waals surface area (Å²) in [5.74, 6) is -1.29. The van der Waals surface area contributed by atoms with Crippen molar-refractivity contribution in [3.63, 3.8) is 0 Å². The maximum Gasteiger partial charge on any atom is 0.407 e. The van der Waals surface area contributed by atoms with E-state index in [2.05, 4.69) is 5.32 Å². The van der Waals surface area contributed by atoms with Gasteiger partial charge in [0.05, 0.1) is 11.1 Å². The average molecular weight is 439 g/mol. The zero-order valence-electron chi connectivity index (χ0n) is 16.7. The van der Waals surface area contributed by atoms with Crippen molar-refractivity contribution >= 4 is 29.2 Å². The third kappa shape index (κ3) is 3.99. The van der Waals surface area contributed by atoms with E-state index in [-0.39, 0.29) is 28.8 Å². The van der Waals surface area contributed by atoms with Crippen molar-refractivity contribution in [2.24, 2.45) is 0 Å². The van der Waals surface area contributed by atoms with Crippen LogP contribution in [0.5, 0.6) is 0 Å². The zero-order valence-corrected chi connectivity index (χ0v) is 17.4. The lowest BCUT2D eigenvalue weighted by atomic mass is 9.98. The summed E-state index contributed by atoms with van der Waals surface area (Å²) in [5, 5.41) is 2.29. The Morgan fingerprint density at radius 2 is 1.68 bits per heavy atom. The number of ketones is 1.